The smallest absolute Gasteiger partial charge is 0.246 e. The van der Waals surface area contributed by atoms with Crippen LogP contribution >= 0.6 is 0 Å². The standard InChI is InChI=1S/C23H28N4O/c1-4-17(2)21-11-5-6-12-22(21)26-23(28)18(3)25-20-10-7-9-19(15-20)16-27-14-8-13-24-27/h5-15,17-18,25H,4,16H2,1-3H3,(H,26,28). The van der Waals surface area contributed by atoms with Crippen molar-refractivity contribution in [2.75, 3.05) is 10.6 Å². The second-order valence-electron chi connectivity index (χ2n) is 7.16. The number of nitrogens with one attached hydrogen (secondary N) is 2. The molecule has 5 heteroatoms. The number of rotatable bonds is 8. The number of anilines is 2. The maximum absolute atomic E-state index is 12.7. The summed E-state index contributed by atoms with van der Waals surface area (Å²) in [4.78, 5) is 12.7. The lowest BCUT2D eigenvalue weighted by Gasteiger charge is -2.19. The highest BCUT2D eigenvalue weighted by molar-refractivity contribution is 5.96. The minimum atomic E-state index is -0.357. The zero-order valence-electron chi connectivity index (χ0n) is 16.7. The van der Waals surface area contributed by atoms with Gasteiger partial charge in [0.2, 0.25) is 5.91 Å². The molecule has 0 bridgehead atoms. The second-order valence-corrected chi connectivity index (χ2v) is 7.16. The summed E-state index contributed by atoms with van der Waals surface area (Å²) in [6, 6.07) is 17.7. The highest BCUT2D eigenvalue weighted by atomic mass is 16.2. The molecule has 1 heterocycles. The van der Waals surface area contributed by atoms with Gasteiger partial charge in [0, 0.05) is 23.8 Å². The summed E-state index contributed by atoms with van der Waals surface area (Å²) in [5, 5.41) is 10.6. The monoisotopic (exact) mass is 376 g/mol. The first-order chi connectivity index (χ1) is 13.6. The quantitative estimate of drug-likeness (QED) is 0.589. The zero-order chi connectivity index (χ0) is 19.9. The molecule has 0 radical (unpaired) electrons. The molecule has 0 aliphatic heterocycles. The minimum absolute atomic E-state index is 0.0479. The minimum Gasteiger partial charge on any atom is -0.374 e. The Labute approximate surface area is 166 Å². The van der Waals surface area contributed by atoms with Crippen LogP contribution in [0.2, 0.25) is 0 Å². The molecule has 3 rings (SSSR count). The molecular weight excluding hydrogens is 348 g/mol. The second kappa shape index (κ2) is 9.22. The number of benzene rings is 2. The molecule has 1 aromatic heterocycles. The van der Waals surface area contributed by atoms with E-state index in [4.69, 9.17) is 0 Å². The summed E-state index contributed by atoms with van der Waals surface area (Å²) in [5.74, 6) is 0.354. The third kappa shape index (κ3) is 5.00. The molecule has 146 valence electrons. The first kappa shape index (κ1) is 19.7. The van der Waals surface area contributed by atoms with Gasteiger partial charge in [-0.05, 0) is 54.7 Å². The third-order valence-corrected chi connectivity index (χ3v) is 4.97. The normalized spacial score (nSPS) is 13.0. The van der Waals surface area contributed by atoms with Crippen LogP contribution in [-0.4, -0.2) is 21.7 Å². The van der Waals surface area contributed by atoms with Crippen molar-refractivity contribution in [3.63, 3.8) is 0 Å². The molecular formula is C23H28N4O. The van der Waals surface area contributed by atoms with Gasteiger partial charge in [0.1, 0.15) is 6.04 Å². The fourth-order valence-electron chi connectivity index (χ4n) is 3.16. The number of carbonyl (C=O) groups is 1. The van der Waals surface area contributed by atoms with Crippen LogP contribution in [0.4, 0.5) is 11.4 Å². The van der Waals surface area contributed by atoms with E-state index in [0.717, 1.165) is 23.4 Å². The van der Waals surface area contributed by atoms with Gasteiger partial charge in [-0.3, -0.25) is 9.48 Å². The summed E-state index contributed by atoms with van der Waals surface area (Å²) in [7, 11) is 0. The fraction of sp³-hybridized carbons (Fsp3) is 0.304. The Bertz CT molecular complexity index is 904. The molecule has 0 saturated heterocycles. The molecule has 2 aromatic carbocycles. The molecule has 0 fully saturated rings. The summed E-state index contributed by atoms with van der Waals surface area (Å²) < 4.78 is 1.88. The van der Waals surface area contributed by atoms with Crippen LogP contribution in [0.5, 0.6) is 0 Å². The summed E-state index contributed by atoms with van der Waals surface area (Å²) >= 11 is 0. The van der Waals surface area contributed by atoms with Gasteiger partial charge in [-0.2, -0.15) is 5.10 Å². The molecule has 2 atom stereocenters. The van der Waals surface area contributed by atoms with Gasteiger partial charge in [-0.1, -0.05) is 44.2 Å². The van der Waals surface area contributed by atoms with Crippen LogP contribution in [0, 0.1) is 0 Å². The predicted molar refractivity (Wildman–Crippen MR) is 115 cm³/mol. The van der Waals surface area contributed by atoms with Crippen LogP contribution in [-0.2, 0) is 11.3 Å². The fourth-order valence-corrected chi connectivity index (χ4v) is 3.16. The topological polar surface area (TPSA) is 59.0 Å². The van der Waals surface area contributed by atoms with Crippen molar-refractivity contribution in [3.05, 3.63) is 78.1 Å². The van der Waals surface area contributed by atoms with Gasteiger partial charge in [-0.15, -0.1) is 0 Å². The van der Waals surface area contributed by atoms with Crippen LogP contribution < -0.4 is 10.6 Å². The summed E-state index contributed by atoms with van der Waals surface area (Å²) in [5.41, 5.74) is 4.11. The van der Waals surface area contributed by atoms with Crippen molar-refractivity contribution in [1.82, 2.24) is 9.78 Å². The van der Waals surface area contributed by atoms with Crippen molar-refractivity contribution >= 4 is 17.3 Å². The third-order valence-electron chi connectivity index (χ3n) is 4.97. The lowest BCUT2D eigenvalue weighted by molar-refractivity contribution is -0.116. The predicted octanol–water partition coefficient (Wildman–Crippen LogP) is 4.88. The Morgan fingerprint density at radius 2 is 1.93 bits per heavy atom. The van der Waals surface area contributed by atoms with Gasteiger partial charge < -0.3 is 10.6 Å². The molecule has 5 nitrogen and oxygen atoms in total. The Balaban J connectivity index is 1.65. The summed E-state index contributed by atoms with van der Waals surface area (Å²) in [6.45, 7) is 6.91. The Kier molecular flexibility index (Phi) is 6.48. The number of carbonyl (C=O) groups excluding carboxylic acids is 1. The van der Waals surface area contributed by atoms with Gasteiger partial charge in [0.25, 0.3) is 0 Å². The van der Waals surface area contributed by atoms with Gasteiger partial charge in [0.15, 0.2) is 0 Å². The molecule has 2 unspecified atom stereocenters. The SMILES string of the molecule is CCC(C)c1ccccc1NC(=O)C(C)Nc1cccc(Cn2cccn2)c1. The molecule has 2 N–H and O–H groups in total. The van der Waals surface area contributed by atoms with E-state index in [1.807, 2.05) is 54.2 Å². The number of hydrogen-bond donors (Lipinski definition) is 2. The molecule has 0 aliphatic carbocycles. The average molecular weight is 377 g/mol. The largest absolute Gasteiger partial charge is 0.374 e. The van der Waals surface area contributed by atoms with E-state index in [1.165, 1.54) is 5.56 Å². The first-order valence-corrected chi connectivity index (χ1v) is 9.79. The van der Waals surface area contributed by atoms with E-state index < -0.39 is 0 Å². The maximum Gasteiger partial charge on any atom is 0.246 e. The van der Waals surface area contributed by atoms with Crippen molar-refractivity contribution in [1.29, 1.82) is 0 Å². The van der Waals surface area contributed by atoms with Crippen LogP contribution in [0.1, 0.15) is 44.2 Å². The number of aromatic nitrogens is 2. The van der Waals surface area contributed by atoms with Crippen LogP contribution in [0.15, 0.2) is 67.0 Å². The number of hydrogen-bond acceptors (Lipinski definition) is 3. The molecule has 3 aromatic rings. The zero-order valence-corrected chi connectivity index (χ0v) is 16.7. The van der Waals surface area contributed by atoms with Crippen LogP contribution in [0.3, 0.4) is 0 Å². The van der Waals surface area contributed by atoms with E-state index in [2.05, 4.69) is 47.8 Å². The molecule has 0 aliphatic rings. The Morgan fingerprint density at radius 3 is 2.68 bits per heavy atom. The highest BCUT2D eigenvalue weighted by Crippen LogP contribution is 2.26. The number of para-hydroxylation sites is 1. The molecule has 0 saturated carbocycles. The molecule has 28 heavy (non-hydrogen) atoms. The van der Waals surface area contributed by atoms with Crippen molar-refractivity contribution in [2.24, 2.45) is 0 Å². The average Bonchev–Trinajstić information content (AvgIpc) is 3.21. The van der Waals surface area contributed by atoms with Gasteiger partial charge in [0.05, 0.1) is 6.54 Å². The van der Waals surface area contributed by atoms with E-state index in [0.29, 0.717) is 12.5 Å². The van der Waals surface area contributed by atoms with Crippen LogP contribution in [0.25, 0.3) is 0 Å². The maximum atomic E-state index is 12.7. The first-order valence-electron chi connectivity index (χ1n) is 9.79. The molecule has 1 amide bonds. The van der Waals surface area contributed by atoms with E-state index in [-0.39, 0.29) is 11.9 Å². The van der Waals surface area contributed by atoms with Crippen molar-refractivity contribution < 1.29 is 4.79 Å². The van der Waals surface area contributed by atoms with Crippen molar-refractivity contribution in [3.8, 4) is 0 Å². The number of amides is 1. The molecule has 0 spiro atoms. The highest BCUT2D eigenvalue weighted by Gasteiger charge is 2.16. The van der Waals surface area contributed by atoms with E-state index in [1.54, 1.807) is 6.20 Å². The van der Waals surface area contributed by atoms with Gasteiger partial charge >= 0.3 is 0 Å². The number of nitrogens with zero attached hydrogens (tertiary/aromatic N) is 2. The lowest BCUT2D eigenvalue weighted by Crippen LogP contribution is -2.32. The van der Waals surface area contributed by atoms with Gasteiger partial charge in [-0.25, -0.2) is 0 Å². The van der Waals surface area contributed by atoms with E-state index >= 15 is 0 Å². The van der Waals surface area contributed by atoms with Crippen molar-refractivity contribution in [2.45, 2.75) is 45.7 Å². The lowest BCUT2D eigenvalue weighted by atomic mass is 9.97. The summed E-state index contributed by atoms with van der Waals surface area (Å²) in [6.07, 6.45) is 4.74. The Hall–Kier alpha value is -3.08. The Morgan fingerprint density at radius 1 is 1.11 bits per heavy atom. The van der Waals surface area contributed by atoms with E-state index in [9.17, 15) is 4.79 Å².